The maximum absolute atomic E-state index is 13.5. The van der Waals surface area contributed by atoms with Gasteiger partial charge in [-0.05, 0) is 31.2 Å². The van der Waals surface area contributed by atoms with Gasteiger partial charge in [-0.1, -0.05) is 15.9 Å². The molecule has 3 nitrogen and oxygen atoms in total. The first-order valence-electron chi connectivity index (χ1n) is 5.42. The van der Waals surface area contributed by atoms with Crippen LogP contribution in [0.3, 0.4) is 0 Å². The summed E-state index contributed by atoms with van der Waals surface area (Å²) in [4.78, 5) is 14.2. The predicted octanol–water partition coefficient (Wildman–Crippen LogP) is 3.80. The van der Waals surface area contributed by atoms with E-state index in [2.05, 4.69) is 25.7 Å². The van der Waals surface area contributed by atoms with Gasteiger partial charge in [0.05, 0.1) is 6.61 Å². The maximum atomic E-state index is 13.5. The Morgan fingerprint density at radius 1 is 1.56 bits per heavy atom. The standard InChI is InChI=1S/C13H11BrFNO2/c1-2-18-13(17)11(15)5-8-7-16-12-4-3-9(14)6-10(8)12/h3-7,16H,2H2,1H3/b11-5-. The minimum atomic E-state index is -0.943. The van der Waals surface area contributed by atoms with Gasteiger partial charge in [-0.2, -0.15) is 4.39 Å². The van der Waals surface area contributed by atoms with Gasteiger partial charge in [0.15, 0.2) is 0 Å². The van der Waals surface area contributed by atoms with E-state index in [9.17, 15) is 9.18 Å². The molecule has 0 saturated carbocycles. The molecule has 1 aromatic carbocycles. The third-order valence-electron chi connectivity index (χ3n) is 2.43. The highest BCUT2D eigenvalue weighted by Crippen LogP contribution is 2.24. The number of esters is 1. The Morgan fingerprint density at radius 3 is 3.06 bits per heavy atom. The van der Waals surface area contributed by atoms with Crippen LogP contribution >= 0.6 is 15.9 Å². The largest absolute Gasteiger partial charge is 0.461 e. The minimum Gasteiger partial charge on any atom is -0.461 e. The number of nitrogens with one attached hydrogen (secondary N) is 1. The van der Waals surface area contributed by atoms with Crippen molar-refractivity contribution in [3.8, 4) is 0 Å². The molecule has 1 N–H and O–H groups in total. The molecule has 0 aliphatic rings. The summed E-state index contributed by atoms with van der Waals surface area (Å²) in [7, 11) is 0. The van der Waals surface area contributed by atoms with E-state index in [1.54, 1.807) is 13.1 Å². The molecule has 1 aromatic heterocycles. The van der Waals surface area contributed by atoms with Gasteiger partial charge in [0.1, 0.15) is 0 Å². The van der Waals surface area contributed by atoms with Crippen LogP contribution in [-0.4, -0.2) is 17.6 Å². The molecule has 0 amide bonds. The zero-order valence-corrected chi connectivity index (χ0v) is 11.3. The van der Waals surface area contributed by atoms with Crippen molar-refractivity contribution < 1.29 is 13.9 Å². The molecule has 0 fully saturated rings. The molecule has 2 aromatic rings. The second kappa shape index (κ2) is 5.35. The van der Waals surface area contributed by atoms with E-state index in [1.807, 2.05) is 18.2 Å². The SMILES string of the molecule is CCOC(=O)/C(F)=C/c1c[nH]c2ccc(Br)cc12. The van der Waals surface area contributed by atoms with Crippen molar-refractivity contribution in [1.82, 2.24) is 4.98 Å². The zero-order valence-electron chi connectivity index (χ0n) is 9.67. The smallest absolute Gasteiger partial charge is 0.367 e. The molecule has 0 unspecified atom stereocenters. The summed E-state index contributed by atoms with van der Waals surface area (Å²) < 4.78 is 19.0. The molecule has 0 aliphatic heterocycles. The quantitative estimate of drug-likeness (QED) is 0.692. The maximum Gasteiger partial charge on any atom is 0.367 e. The number of fused-ring (bicyclic) bond motifs is 1. The lowest BCUT2D eigenvalue weighted by atomic mass is 10.1. The molecule has 0 radical (unpaired) electrons. The lowest BCUT2D eigenvalue weighted by Crippen LogP contribution is -2.03. The summed E-state index contributed by atoms with van der Waals surface area (Å²) in [6, 6.07) is 5.61. The molecular formula is C13H11BrFNO2. The number of H-pyrrole nitrogens is 1. The van der Waals surface area contributed by atoms with E-state index < -0.39 is 11.8 Å². The average molecular weight is 312 g/mol. The number of hydrogen-bond acceptors (Lipinski definition) is 2. The van der Waals surface area contributed by atoms with Gasteiger partial charge in [0.2, 0.25) is 5.83 Å². The van der Waals surface area contributed by atoms with Crippen LogP contribution in [0.4, 0.5) is 4.39 Å². The Balaban J connectivity index is 2.39. The lowest BCUT2D eigenvalue weighted by molar-refractivity contribution is -0.140. The van der Waals surface area contributed by atoms with Gasteiger partial charge in [-0.3, -0.25) is 0 Å². The summed E-state index contributed by atoms with van der Waals surface area (Å²) in [6.45, 7) is 1.79. The number of halogens is 2. The third kappa shape index (κ3) is 2.61. The number of rotatable bonds is 3. The van der Waals surface area contributed by atoms with E-state index in [0.717, 1.165) is 15.4 Å². The Bertz CT molecular complexity index is 618. The van der Waals surface area contributed by atoms with Crippen LogP contribution in [0.25, 0.3) is 17.0 Å². The van der Waals surface area contributed by atoms with E-state index >= 15 is 0 Å². The highest BCUT2D eigenvalue weighted by molar-refractivity contribution is 9.10. The summed E-state index contributed by atoms with van der Waals surface area (Å²) in [5, 5.41) is 0.837. The number of carbonyl (C=O) groups excluding carboxylic acids is 1. The molecular weight excluding hydrogens is 301 g/mol. The molecule has 0 aliphatic carbocycles. The Kier molecular flexibility index (Phi) is 3.81. The molecule has 0 saturated heterocycles. The topological polar surface area (TPSA) is 42.1 Å². The minimum absolute atomic E-state index is 0.152. The Labute approximate surface area is 112 Å². The monoisotopic (exact) mass is 311 g/mol. The fraction of sp³-hybridized carbons (Fsp3) is 0.154. The van der Waals surface area contributed by atoms with Crippen molar-refractivity contribution in [2.24, 2.45) is 0 Å². The summed E-state index contributed by atoms with van der Waals surface area (Å²) in [5.74, 6) is -1.85. The van der Waals surface area contributed by atoms with Gasteiger partial charge in [0, 0.05) is 27.1 Å². The normalized spacial score (nSPS) is 11.8. The second-order valence-electron chi connectivity index (χ2n) is 3.65. The van der Waals surface area contributed by atoms with Crippen LogP contribution in [-0.2, 0) is 9.53 Å². The molecule has 5 heteroatoms. The molecule has 18 heavy (non-hydrogen) atoms. The van der Waals surface area contributed by atoms with Gasteiger partial charge in [0.25, 0.3) is 0 Å². The van der Waals surface area contributed by atoms with Crippen LogP contribution in [0.5, 0.6) is 0 Å². The first-order chi connectivity index (χ1) is 8.61. The predicted molar refractivity (Wildman–Crippen MR) is 71.7 cm³/mol. The van der Waals surface area contributed by atoms with E-state index in [4.69, 9.17) is 0 Å². The van der Waals surface area contributed by atoms with Crippen LogP contribution in [0.2, 0.25) is 0 Å². The highest BCUT2D eigenvalue weighted by atomic mass is 79.9. The molecule has 0 spiro atoms. The lowest BCUT2D eigenvalue weighted by Gasteiger charge is -1.98. The number of hydrogen-bond donors (Lipinski definition) is 1. The number of aromatic nitrogens is 1. The number of benzene rings is 1. The number of ether oxygens (including phenoxy) is 1. The van der Waals surface area contributed by atoms with Crippen LogP contribution < -0.4 is 0 Å². The van der Waals surface area contributed by atoms with Gasteiger partial charge in [-0.15, -0.1) is 0 Å². The Morgan fingerprint density at radius 2 is 2.33 bits per heavy atom. The molecule has 1 heterocycles. The summed E-state index contributed by atoms with van der Waals surface area (Å²) >= 11 is 3.35. The fourth-order valence-electron chi connectivity index (χ4n) is 1.63. The number of carbonyl (C=O) groups is 1. The van der Waals surface area contributed by atoms with Crippen molar-refractivity contribution in [2.45, 2.75) is 6.92 Å². The number of aromatic amines is 1. The van der Waals surface area contributed by atoms with Gasteiger partial charge < -0.3 is 9.72 Å². The van der Waals surface area contributed by atoms with Crippen molar-refractivity contribution in [3.05, 3.63) is 40.3 Å². The average Bonchev–Trinajstić information content (AvgIpc) is 2.72. The summed E-state index contributed by atoms with van der Waals surface area (Å²) in [6.07, 6.45) is 2.82. The van der Waals surface area contributed by atoms with Crippen LogP contribution in [0, 0.1) is 0 Å². The van der Waals surface area contributed by atoms with Gasteiger partial charge in [-0.25, -0.2) is 4.79 Å². The molecule has 2 rings (SSSR count). The van der Waals surface area contributed by atoms with Crippen molar-refractivity contribution in [1.29, 1.82) is 0 Å². The Hall–Kier alpha value is -1.62. The van der Waals surface area contributed by atoms with E-state index in [0.29, 0.717) is 5.56 Å². The molecule has 94 valence electrons. The van der Waals surface area contributed by atoms with E-state index in [-0.39, 0.29) is 6.61 Å². The highest BCUT2D eigenvalue weighted by Gasteiger charge is 2.11. The summed E-state index contributed by atoms with van der Waals surface area (Å²) in [5.41, 5.74) is 1.48. The van der Waals surface area contributed by atoms with Crippen LogP contribution in [0.1, 0.15) is 12.5 Å². The van der Waals surface area contributed by atoms with Crippen LogP contribution in [0.15, 0.2) is 34.7 Å². The van der Waals surface area contributed by atoms with Crippen molar-refractivity contribution >= 4 is 38.9 Å². The van der Waals surface area contributed by atoms with Crippen molar-refractivity contribution in [2.75, 3.05) is 6.61 Å². The second-order valence-corrected chi connectivity index (χ2v) is 4.56. The fourth-order valence-corrected chi connectivity index (χ4v) is 1.99. The first kappa shape index (κ1) is 12.8. The third-order valence-corrected chi connectivity index (χ3v) is 2.92. The van der Waals surface area contributed by atoms with Crippen molar-refractivity contribution in [3.63, 3.8) is 0 Å². The first-order valence-corrected chi connectivity index (χ1v) is 6.22. The molecule has 0 bridgehead atoms. The van der Waals surface area contributed by atoms with E-state index in [1.165, 1.54) is 6.08 Å². The molecule has 0 atom stereocenters. The zero-order chi connectivity index (χ0) is 13.1. The van der Waals surface area contributed by atoms with Gasteiger partial charge >= 0.3 is 5.97 Å².